The first-order valence-electron chi connectivity index (χ1n) is 7.82. The van der Waals surface area contributed by atoms with Crippen molar-refractivity contribution in [3.8, 4) is 0 Å². The van der Waals surface area contributed by atoms with E-state index in [0.717, 1.165) is 24.4 Å². The molecule has 0 aliphatic heterocycles. The molecule has 0 radical (unpaired) electrons. The molecule has 7 heteroatoms. The third-order valence-corrected chi connectivity index (χ3v) is 3.63. The van der Waals surface area contributed by atoms with E-state index in [1.54, 1.807) is 12.1 Å². The number of nitrogens with one attached hydrogen (secondary N) is 2. The number of hydrogen-bond acceptors (Lipinski definition) is 6. The first-order chi connectivity index (χ1) is 11.3. The number of rotatable bonds is 8. The number of aliphatic hydroxyl groups is 1. The molecule has 1 aliphatic carbocycles. The highest BCUT2D eigenvalue weighted by atomic mass is 16.5. The van der Waals surface area contributed by atoms with Gasteiger partial charge in [0.1, 0.15) is 0 Å². The third-order valence-electron chi connectivity index (χ3n) is 3.63. The molecule has 7 nitrogen and oxygen atoms in total. The van der Waals surface area contributed by atoms with E-state index in [2.05, 4.69) is 20.8 Å². The molecule has 0 bridgehead atoms. The zero-order valence-corrected chi connectivity index (χ0v) is 12.8. The number of anilines is 1. The molecule has 3 N–H and O–H groups in total. The summed E-state index contributed by atoms with van der Waals surface area (Å²) in [5, 5.41) is 18.6. The maximum atomic E-state index is 11.8. The van der Waals surface area contributed by atoms with Crippen molar-refractivity contribution in [2.75, 3.05) is 18.5 Å². The summed E-state index contributed by atoms with van der Waals surface area (Å²) in [6.45, 7) is 1.02. The maximum absolute atomic E-state index is 11.8. The first-order valence-corrected chi connectivity index (χ1v) is 7.82. The molecule has 0 saturated heterocycles. The fourth-order valence-electron chi connectivity index (χ4n) is 2.14. The van der Waals surface area contributed by atoms with Crippen molar-refractivity contribution >= 4 is 11.6 Å². The van der Waals surface area contributed by atoms with Gasteiger partial charge in [-0.2, -0.15) is 4.98 Å². The molecule has 1 fully saturated rings. The van der Waals surface area contributed by atoms with Gasteiger partial charge in [0.05, 0.1) is 6.54 Å². The van der Waals surface area contributed by atoms with E-state index in [9.17, 15) is 4.79 Å². The molecule has 1 aliphatic rings. The SMILES string of the molecule is O=C(NCCCO)c1ccc(NCc2noc(C3CC3)n2)cc1. The van der Waals surface area contributed by atoms with Gasteiger partial charge in [-0.1, -0.05) is 5.16 Å². The first kappa shape index (κ1) is 15.5. The Kier molecular flexibility index (Phi) is 4.87. The number of amides is 1. The second kappa shape index (κ2) is 7.23. The molecule has 0 atom stereocenters. The molecular formula is C16H20N4O3. The highest BCUT2D eigenvalue weighted by molar-refractivity contribution is 5.94. The van der Waals surface area contributed by atoms with Gasteiger partial charge in [0, 0.05) is 30.3 Å². The summed E-state index contributed by atoms with van der Waals surface area (Å²) in [5.41, 5.74) is 1.47. The van der Waals surface area contributed by atoms with Crippen LogP contribution in [0.3, 0.4) is 0 Å². The number of hydrogen-bond donors (Lipinski definition) is 3. The minimum Gasteiger partial charge on any atom is -0.396 e. The Morgan fingerprint density at radius 3 is 2.78 bits per heavy atom. The lowest BCUT2D eigenvalue weighted by atomic mass is 10.2. The summed E-state index contributed by atoms with van der Waals surface area (Å²) < 4.78 is 5.20. The number of carbonyl (C=O) groups excluding carboxylic acids is 1. The van der Waals surface area contributed by atoms with E-state index in [1.807, 2.05) is 12.1 Å². The molecule has 1 heterocycles. The van der Waals surface area contributed by atoms with Gasteiger partial charge < -0.3 is 20.3 Å². The summed E-state index contributed by atoms with van der Waals surface area (Å²) in [6, 6.07) is 7.18. The van der Waals surface area contributed by atoms with Gasteiger partial charge in [-0.05, 0) is 43.5 Å². The van der Waals surface area contributed by atoms with Crippen LogP contribution in [0.25, 0.3) is 0 Å². The van der Waals surface area contributed by atoms with Crippen LogP contribution in [-0.4, -0.2) is 34.3 Å². The van der Waals surface area contributed by atoms with Gasteiger partial charge in [-0.15, -0.1) is 0 Å². The Hall–Kier alpha value is -2.41. The Labute approximate surface area is 134 Å². The van der Waals surface area contributed by atoms with E-state index in [1.165, 1.54) is 0 Å². The fraction of sp³-hybridized carbons (Fsp3) is 0.438. The van der Waals surface area contributed by atoms with Crippen LogP contribution in [-0.2, 0) is 6.54 Å². The number of carbonyl (C=O) groups is 1. The molecule has 0 unspecified atom stereocenters. The monoisotopic (exact) mass is 316 g/mol. The van der Waals surface area contributed by atoms with Crippen LogP contribution in [0.2, 0.25) is 0 Å². The van der Waals surface area contributed by atoms with E-state index in [4.69, 9.17) is 9.63 Å². The number of aliphatic hydroxyl groups excluding tert-OH is 1. The zero-order chi connectivity index (χ0) is 16.1. The van der Waals surface area contributed by atoms with Crippen molar-refractivity contribution < 1.29 is 14.4 Å². The van der Waals surface area contributed by atoms with Gasteiger partial charge in [0.2, 0.25) is 5.89 Å². The molecule has 23 heavy (non-hydrogen) atoms. The minimum atomic E-state index is -0.141. The van der Waals surface area contributed by atoms with Crippen LogP contribution in [0.5, 0.6) is 0 Å². The summed E-state index contributed by atoms with van der Waals surface area (Å²) in [6.07, 6.45) is 2.83. The van der Waals surface area contributed by atoms with Crippen molar-refractivity contribution in [2.24, 2.45) is 0 Å². The molecule has 1 amide bonds. The fourth-order valence-corrected chi connectivity index (χ4v) is 2.14. The van der Waals surface area contributed by atoms with Crippen molar-refractivity contribution in [3.63, 3.8) is 0 Å². The topological polar surface area (TPSA) is 100 Å². The number of nitrogens with zero attached hydrogens (tertiary/aromatic N) is 2. The average Bonchev–Trinajstić information content (AvgIpc) is 3.32. The van der Waals surface area contributed by atoms with Crippen LogP contribution in [0.1, 0.15) is 47.3 Å². The summed E-state index contributed by atoms with van der Waals surface area (Å²) in [4.78, 5) is 16.2. The Morgan fingerprint density at radius 1 is 1.30 bits per heavy atom. The Morgan fingerprint density at radius 2 is 2.09 bits per heavy atom. The van der Waals surface area contributed by atoms with E-state index in [0.29, 0.717) is 36.8 Å². The molecule has 1 aromatic carbocycles. The van der Waals surface area contributed by atoms with Crippen molar-refractivity contribution in [3.05, 3.63) is 41.5 Å². The number of aromatic nitrogens is 2. The molecule has 2 aromatic rings. The lowest BCUT2D eigenvalue weighted by Crippen LogP contribution is -2.24. The molecule has 0 spiro atoms. The zero-order valence-electron chi connectivity index (χ0n) is 12.8. The van der Waals surface area contributed by atoms with Gasteiger partial charge >= 0.3 is 0 Å². The second-order valence-corrected chi connectivity index (χ2v) is 5.59. The van der Waals surface area contributed by atoms with Gasteiger partial charge in [0.25, 0.3) is 5.91 Å². The minimum absolute atomic E-state index is 0.0711. The summed E-state index contributed by atoms with van der Waals surface area (Å²) >= 11 is 0. The van der Waals surface area contributed by atoms with Crippen LogP contribution < -0.4 is 10.6 Å². The lowest BCUT2D eigenvalue weighted by molar-refractivity contribution is 0.0951. The van der Waals surface area contributed by atoms with Crippen LogP contribution >= 0.6 is 0 Å². The molecular weight excluding hydrogens is 296 g/mol. The third kappa shape index (κ3) is 4.29. The van der Waals surface area contributed by atoms with E-state index in [-0.39, 0.29) is 12.5 Å². The van der Waals surface area contributed by atoms with Crippen molar-refractivity contribution in [1.82, 2.24) is 15.5 Å². The predicted octanol–water partition coefficient (Wildman–Crippen LogP) is 1.67. The predicted molar refractivity (Wildman–Crippen MR) is 84.1 cm³/mol. The second-order valence-electron chi connectivity index (χ2n) is 5.59. The van der Waals surface area contributed by atoms with Crippen LogP contribution in [0.4, 0.5) is 5.69 Å². The van der Waals surface area contributed by atoms with E-state index < -0.39 is 0 Å². The van der Waals surface area contributed by atoms with Crippen molar-refractivity contribution in [1.29, 1.82) is 0 Å². The molecule has 3 rings (SSSR count). The Bertz CT molecular complexity index is 650. The average molecular weight is 316 g/mol. The lowest BCUT2D eigenvalue weighted by Gasteiger charge is -2.06. The highest BCUT2D eigenvalue weighted by Crippen LogP contribution is 2.38. The normalized spacial score (nSPS) is 13.8. The quantitative estimate of drug-likeness (QED) is 0.641. The highest BCUT2D eigenvalue weighted by Gasteiger charge is 2.29. The van der Waals surface area contributed by atoms with Gasteiger partial charge in [-0.25, -0.2) is 0 Å². The van der Waals surface area contributed by atoms with Crippen LogP contribution in [0, 0.1) is 0 Å². The summed E-state index contributed by atoms with van der Waals surface area (Å²) in [7, 11) is 0. The van der Waals surface area contributed by atoms with Crippen molar-refractivity contribution in [2.45, 2.75) is 31.7 Å². The van der Waals surface area contributed by atoms with Crippen LogP contribution in [0.15, 0.2) is 28.8 Å². The number of benzene rings is 1. The van der Waals surface area contributed by atoms with E-state index >= 15 is 0 Å². The smallest absolute Gasteiger partial charge is 0.251 e. The largest absolute Gasteiger partial charge is 0.396 e. The maximum Gasteiger partial charge on any atom is 0.251 e. The molecule has 122 valence electrons. The summed E-state index contributed by atoms with van der Waals surface area (Å²) in [5.74, 6) is 1.69. The molecule has 1 aromatic heterocycles. The standard InChI is InChI=1S/C16H20N4O3/c21-9-1-8-17-15(22)11-4-6-13(7-5-11)18-10-14-19-16(23-20-14)12-2-3-12/h4-7,12,18,21H,1-3,8-10H2,(H,17,22). The Balaban J connectivity index is 1.49. The van der Waals surface area contributed by atoms with Gasteiger partial charge in [0.15, 0.2) is 5.82 Å². The molecule has 1 saturated carbocycles. The van der Waals surface area contributed by atoms with Gasteiger partial charge in [-0.3, -0.25) is 4.79 Å².